The third-order valence-electron chi connectivity index (χ3n) is 7.43. The van der Waals surface area contributed by atoms with Gasteiger partial charge in [-0.05, 0) is 56.4 Å². The van der Waals surface area contributed by atoms with Crippen LogP contribution >= 0.6 is 0 Å². The van der Waals surface area contributed by atoms with Crippen LogP contribution < -0.4 is 4.74 Å². The van der Waals surface area contributed by atoms with E-state index in [0.717, 1.165) is 29.6 Å². The lowest BCUT2D eigenvalue weighted by atomic mass is 9.51. The van der Waals surface area contributed by atoms with E-state index >= 15 is 0 Å². The van der Waals surface area contributed by atoms with Crippen LogP contribution in [0, 0.1) is 0 Å². The van der Waals surface area contributed by atoms with E-state index in [1.807, 2.05) is 6.07 Å². The fraction of sp³-hybridized carbons (Fsp3) is 0.310. The number of allylic oxidation sites excluding steroid dienone is 2. The molecule has 0 fully saturated rings. The minimum Gasteiger partial charge on any atom is -0.458 e. The van der Waals surface area contributed by atoms with Gasteiger partial charge in [-0.15, -0.1) is 5.10 Å². The van der Waals surface area contributed by atoms with Crippen molar-refractivity contribution in [1.82, 2.24) is 15.4 Å². The fourth-order valence-corrected chi connectivity index (χ4v) is 5.68. The van der Waals surface area contributed by atoms with Crippen LogP contribution in [0.15, 0.2) is 101 Å². The second kappa shape index (κ2) is 8.86. The second-order valence-electron chi connectivity index (χ2n) is 8.93. The van der Waals surface area contributed by atoms with E-state index in [1.54, 1.807) is 6.20 Å². The average molecular weight is 440 g/mol. The number of nitrogens with one attached hydrogen (secondary N) is 1. The van der Waals surface area contributed by atoms with Crippen LogP contribution in [0.3, 0.4) is 0 Å². The lowest BCUT2D eigenvalue weighted by Crippen LogP contribution is -2.58. The Kier molecular flexibility index (Phi) is 6.11. The molecule has 0 aliphatic heterocycles. The first-order valence-electron chi connectivity index (χ1n) is 11.6. The molecule has 1 aliphatic carbocycles. The van der Waals surface area contributed by atoms with Crippen LogP contribution in [0.2, 0.25) is 0 Å². The zero-order chi connectivity index (χ0) is 23.6. The van der Waals surface area contributed by atoms with Gasteiger partial charge in [-0.3, -0.25) is 0 Å². The van der Waals surface area contributed by atoms with E-state index in [9.17, 15) is 0 Å². The summed E-state index contributed by atoms with van der Waals surface area (Å²) in [6.07, 6.45) is 3.52. The van der Waals surface area contributed by atoms with Crippen LogP contribution in [0.4, 0.5) is 0 Å². The summed E-state index contributed by atoms with van der Waals surface area (Å²) in [6.45, 7) is 15.8. The summed E-state index contributed by atoms with van der Waals surface area (Å²) < 4.78 is 7.05. The maximum atomic E-state index is 7.05. The molecule has 33 heavy (non-hydrogen) atoms. The standard InChI is InChI=1S/C29H33N3O/c1-7-14-20(2)28(25-15-10-8-11-16-25)23(5)21(3)22(4)24(6)29(28,26-17-12-9-13-18-26)33-27-19-30-32-31-27/h8-13,15-19H,2,7,14H2,1,3-6H3,(H,30,31,32). The molecule has 2 aromatic carbocycles. The van der Waals surface area contributed by atoms with Crippen molar-refractivity contribution in [3.63, 3.8) is 0 Å². The number of hydrogen-bond donors (Lipinski definition) is 1. The Morgan fingerprint density at radius 2 is 1.45 bits per heavy atom. The number of benzene rings is 2. The number of rotatable bonds is 7. The first-order valence-corrected chi connectivity index (χ1v) is 11.6. The van der Waals surface area contributed by atoms with Crippen molar-refractivity contribution in [3.8, 4) is 5.88 Å². The monoisotopic (exact) mass is 439 g/mol. The predicted molar refractivity (Wildman–Crippen MR) is 134 cm³/mol. The molecule has 0 radical (unpaired) electrons. The van der Waals surface area contributed by atoms with E-state index in [4.69, 9.17) is 11.3 Å². The van der Waals surface area contributed by atoms with Gasteiger partial charge in [-0.2, -0.15) is 10.3 Å². The minimum atomic E-state index is -0.883. The molecule has 2 atom stereocenters. The van der Waals surface area contributed by atoms with Crippen molar-refractivity contribution in [2.45, 2.75) is 58.5 Å². The molecule has 2 unspecified atom stereocenters. The number of aromatic amines is 1. The van der Waals surface area contributed by atoms with Crippen LogP contribution in [-0.4, -0.2) is 15.4 Å². The number of hydrogen-bond acceptors (Lipinski definition) is 3. The highest BCUT2D eigenvalue weighted by Crippen LogP contribution is 2.61. The number of aromatic nitrogens is 3. The Hall–Kier alpha value is -3.40. The molecule has 170 valence electrons. The van der Waals surface area contributed by atoms with Gasteiger partial charge >= 0.3 is 0 Å². The molecule has 4 rings (SSSR count). The first-order chi connectivity index (χ1) is 15.9. The van der Waals surface area contributed by atoms with Crippen molar-refractivity contribution in [2.24, 2.45) is 0 Å². The van der Waals surface area contributed by atoms with Crippen LogP contribution in [-0.2, 0) is 11.0 Å². The van der Waals surface area contributed by atoms with Gasteiger partial charge in [-0.25, -0.2) is 0 Å². The molecule has 0 bridgehead atoms. The summed E-state index contributed by atoms with van der Waals surface area (Å²) in [5.74, 6) is 0.461. The summed E-state index contributed by atoms with van der Waals surface area (Å²) in [6, 6.07) is 21.2. The molecule has 0 spiro atoms. The van der Waals surface area contributed by atoms with E-state index in [2.05, 4.69) is 105 Å². The van der Waals surface area contributed by atoms with Crippen molar-refractivity contribution in [3.05, 3.63) is 112 Å². The molecule has 0 saturated heterocycles. The summed E-state index contributed by atoms with van der Waals surface area (Å²) in [4.78, 5) is 0. The average Bonchev–Trinajstić information content (AvgIpc) is 3.36. The summed E-state index contributed by atoms with van der Waals surface area (Å²) in [7, 11) is 0. The van der Waals surface area contributed by atoms with Gasteiger partial charge in [0, 0.05) is 5.56 Å². The number of H-pyrrole nitrogens is 1. The molecule has 4 heteroatoms. The maximum absolute atomic E-state index is 7.05. The van der Waals surface area contributed by atoms with E-state index in [0.29, 0.717) is 5.88 Å². The van der Waals surface area contributed by atoms with E-state index in [1.165, 1.54) is 22.3 Å². The van der Waals surface area contributed by atoms with Gasteiger partial charge in [0.05, 0.1) is 5.41 Å². The quantitative estimate of drug-likeness (QED) is 0.401. The Bertz CT molecular complexity index is 1190. The number of ether oxygens (including phenoxy) is 1. The normalized spacial score (nSPS) is 23.1. The van der Waals surface area contributed by atoms with Crippen LogP contribution in [0.1, 0.15) is 58.6 Å². The molecule has 0 saturated carbocycles. The molecule has 1 aliphatic rings. The zero-order valence-corrected chi connectivity index (χ0v) is 20.3. The fourth-order valence-electron chi connectivity index (χ4n) is 5.68. The Balaban J connectivity index is 2.22. The Morgan fingerprint density at radius 3 is 2.00 bits per heavy atom. The van der Waals surface area contributed by atoms with Crippen molar-refractivity contribution in [2.75, 3.05) is 0 Å². The molecule has 1 heterocycles. The largest absolute Gasteiger partial charge is 0.458 e. The van der Waals surface area contributed by atoms with Gasteiger partial charge in [-0.1, -0.05) is 91.7 Å². The minimum absolute atomic E-state index is 0.461. The summed E-state index contributed by atoms with van der Waals surface area (Å²) in [5, 5.41) is 11.1. The molecular weight excluding hydrogens is 406 g/mol. The predicted octanol–water partition coefficient (Wildman–Crippen LogP) is 7.06. The van der Waals surface area contributed by atoms with Gasteiger partial charge in [0.25, 0.3) is 5.88 Å². The number of nitrogens with zero attached hydrogens (tertiary/aromatic N) is 2. The molecule has 1 N–H and O–H groups in total. The van der Waals surface area contributed by atoms with Gasteiger partial charge in [0.2, 0.25) is 0 Å². The second-order valence-corrected chi connectivity index (χ2v) is 8.93. The van der Waals surface area contributed by atoms with Gasteiger partial charge in [0.15, 0.2) is 5.60 Å². The van der Waals surface area contributed by atoms with Gasteiger partial charge in [0.1, 0.15) is 6.20 Å². The highest BCUT2D eigenvalue weighted by atomic mass is 16.5. The summed E-state index contributed by atoms with van der Waals surface area (Å²) in [5.41, 5.74) is 6.78. The highest BCUT2D eigenvalue weighted by Gasteiger charge is 2.62. The van der Waals surface area contributed by atoms with Crippen molar-refractivity contribution in [1.29, 1.82) is 0 Å². The third kappa shape index (κ3) is 3.28. The summed E-state index contributed by atoms with van der Waals surface area (Å²) >= 11 is 0. The van der Waals surface area contributed by atoms with Crippen LogP contribution in [0.5, 0.6) is 5.88 Å². The molecular formula is C29H33N3O. The molecule has 1 aromatic heterocycles. The Morgan fingerprint density at radius 1 is 0.879 bits per heavy atom. The van der Waals surface area contributed by atoms with Crippen molar-refractivity contribution >= 4 is 0 Å². The van der Waals surface area contributed by atoms with E-state index < -0.39 is 11.0 Å². The van der Waals surface area contributed by atoms with Crippen LogP contribution in [0.25, 0.3) is 0 Å². The Labute approximate surface area is 197 Å². The lowest BCUT2D eigenvalue weighted by Gasteiger charge is -2.56. The molecule has 3 aromatic rings. The van der Waals surface area contributed by atoms with Gasteiger partial charge < -0.3 is 4.74 Å². The molecule has 4 nitrogen and oxygen atoms in total. The third-order valence-corrected chi connectivity index (χ3v) is 7.43. The smallest absolute Gasteiger partial charge is 0.254 e. The lowest BCUT2D eigenvalue weighted by molar-refractivity contribution is 0.0377. The first kappa shape index (κ1) is 22.8. The molecule has 0 amide bonds. The van der Waals surface area contributed by atoms with E-state index in [-0.39, 0.29) is 0 Å². The van der Waals surface area contributed by atoms with Crippen molar-refractivity contribution < 1.29 is 4.74 Å². The maximum Gasteiger partial charge on any atom is 0.254 e. The topological polar surface area (TPSA) is 50.8 Å². The zero-order valence-electron chi connectivity index (χ0n) is 20.3. The highest BCUT2D eigenvalue weighted by molar-refractivity contribution is 5.64. The SMILES string of the molecule is C=C(CCC)C1(c2ccccc2)C(C)=C(C)C(C)=C(C)C1(Oc1cn[nH]n1)c1ccccc1.